The van der Waals surface area contributed by atoms with Gasteiger partial charge >= 0.3 is 0 Å². The third-order valence-electron chi connectivity index (χ3n) is 6.01. The van der Waals surface area contributed by atoms with Crippen molar-refractivity contribution in [1.82, 2.24) is 9.80 Å². The number of nitro groups is 1. The van der Waals surface area contributed by atoms with Crippen LogP contribution >= 0.6 is 11.8 Å². The lowest BCUT2D eigenvalue weighted by Crippen LogP contribution is -2.44. The van der Waals surface area contributed by atoms with Crippen molar-refractivity contribution in [2.24, 2.45) is 0 Å². The lowest BCUT2D eigenvalue weighted by molar-refractivity contribution is -0.385. The van der Waals surface area contributed by atoms with Gasteiger partial charge in [0.05, 0.1) is 22.0 Å². The summed E-state index contributed by atoms with van der Waals surface area (Å²) in [7, 11) is 0. The third-order valence-corrected chi connectivity index (χ3v) is 6.92. The number of thioether (sulfide) groups is 1. The minimum Gasteiger partial charge on any atom is -0.490 e. The Morgan fingerprint density at radius 3 is 2.57 bits per heavy atom. The van der Waals surface area contributed by atoms with Gasteiger partial charge in [-0.25, -0.2) is 0 Å². The van der Waals surface area contributed by atoms with Gasteiger partial charge in [-0.2, -0.15) is 0 Å². The first kappa shape index (κ1) is 26.2. The van der Waals surface area contributed by atoms with E-state index in [-0.39, 0.29) is 29.7 Å². The average Bonchev–Trinajstić information content (AvgIpc) is 3.16. The molecule has 37 heavy (non-hydrogen) atoms. The molecule has 2 heterocycles. The molecular weight excluding hydrogens is 498 g/mol. The number of benzene rings is 2. The van der Waals surface area contributed by atoms with Crippen molar-refractivity contribution >= 4 is 40.6 Å². The van der Waals surface area contributed by atoms with E-state index in [9.17, 15) is 24.5 Å². The van der Waals surface area contributed by atoms with E-state index in [1.165, 1.54) is 6.07 Å². The number of nitro benzene ring substituents is 1. The van der Waals surface area contributed by atoms with Crippen LogP contribution < -0.4 is 9.47 Å². The van der Waals surface area contributed by atoms with E-state index in [4.69, 9.17) is 9.47 Å². The van der Waals surface area contributed by atoms with Crippen molar-refractivity contribution in [3.8, 4) is 11.5 Å². The van der Waals surface area contributed by atoms with Crippen LogP contribution in [0.3, 0.4) is 0 Å². The molecule has 194 valence electrons. The molecule has 10 nitrogen and oxygen atoms in total. The Morgan fingerprint density at radius 2 is 1.84 bits per heavy atom. The van der Waals surface area contributed by atoms with Crippen LogP contribution in [0.2, 0.25) is 0 Å². The molecule has 2 aromatic rings. The van der Waals surface area contributed by atoms with Crippen molar-refractivity contribution in [2.45, 2.75) is 32.8 Å². The summed E-state index contributed by atoms with van der Waals surface area (Å²) in [6.45, 7) is 3.17. The summed E-state index contributed by atoms with van der Waals surface area (Å²) >= 11 is 0.792. The Bertz CT molecular complexity index is 1240. The SMILES string of the molecule is CCOc1cc(/C=C2\SC(=O)N(CC(=O)N3CCCCC3)C2=O)ccc1OCc1ccccc1[N+](=O)[O-]. The van der Waals surface area contributed by atoms with Crippen molar-refractivity contribution in [3.05, 3.63) is 68.6 Å². The summed E-state index contributed by atoms with van der Waals surface area (Å²) in [4.78, 5) is 51.7. The van der Waals surface area contributed by atoms with Crippen molar-refractivity contribution < 1.29 is 28.8 Å². The number of likely N-dealkylation sites (tertiary alicyclic amines) is 1. The fraction of sp³-hybridized carbons (Fsp3) is 0.346. The van der Waals surface area contributed by atoms with Crippen molar-refractivity contribution in [1.29, 1.82) is 0 Å². The van der Waals surface area contributed by atoms with Gasteiger partial charge in [0.2, 0.25) is 5.91 Å². The van der Waals surface area contributed by atoms with Crippen LogP contribution in [-0.2, 0) is 16.2 Å². The highest BCUT2D eigenvalue weighted by atomic mass is 32.2. The zero-order valence-electron chi connectivity index (χ0n) is 20.4. The number of para-hydroxylation sites is 1. The number of ether oxygens (including phenoxy) is 2. The molecule has 0 bridgehead atoms. The zero-order valence-corrected chi connectivity index (χ0v) is 21.2. The molecule has 2 saturated heterocycles. The Hall–Kier alpha value is -3.86. The largest absolute Gasteiger partial charge is 0.490 e. The molecule has 2 fully saturated rings. The summed E-state index contributed by atoms with van der Waals surface area (Å²) in [5.74, 6) is 0.0591. The molecule has 0 saturated carbocycles. The molecule has 0 aliphatic carbocycles. The summed E-state index contributed by atoms with van der Waals surface area (Å²) in [6.07, 6.45) is 4.51. The second-order valence-electron chi connectivity index (χ2n) is 8.52. The van der Waals surface area contributed by atoms with Crippen molar-refractivity contribution in [3.63, 3.8) is 0 Å². The standard InChI is InChI=1S/C26H27N3O7S/c1-2-35-22-14-18(10-11-21(22)36-17-19-8-4-5-9-20(19)29(33)34)15-23-25(31)28(26(32)37-23)16-24(30)27-12-6-3-7-13-27/h4-5,8-11,14-15H,2-3,6-7,12-13,16-17H2,1H3/b23-15-. The van der Waals surface area contributed by atoms with E-state index >= 15 is 0 Å². The average molecular weight is 526 g/mol. The number of piperidine rings is 1. The Kier molecular flexibility index (Phi) is 8.44. The maximum absolute atomic E-state index is 12.9. The second kappa shape index (κ2) is 11.9. The minimum absolute atomic E-state index is 0.0273. The highest BCUT2D eigenvalue weighted by Crippen LogP contribution is 2.35. The van der Waals surface area contributed by atoms with Gasteiger partial charge in [0.1, 0.15) is 13.2 Å². The lowest BCUT2D eigenvalue weighted by atomic mass is 10.1. The molecule has 2 aliphatic rings. The Morgan fingerprint density at radius 1 is 1.08 bits per heavy atom. The molecule has 0 spiro atoms. The van der Waals surface area contributed by atoms with Gasteiger partial charge in [-0.05, 0) is 67.8 Å². The predicted molar refractivity (Wildman–Crippen MR) is 138 cm³/mol. The van der Waals surface area contributed by atoms with Crippen LogP contribution in [0.1, 0.15) is 37.3 Å². The number of amides is 3. The summed E-state index contributed by atoms with van der Waals surface area (Å²) < 4.78 is 11.5. The Labute approximate surface area is 218 Å². The van der Waals surface area contributed by atoms with Gasteiger partial charge in [0.25, 0.3) is 16.8 Å². The van der Waals surface area contributed by atoms with Crippen LogP contribution in [0.25, 0.3) is 6.08 Å². The normalized spacial score (nSPS) is 16.8. The first-order valence-corrected chi connectivity index (χ1v) is 12.8. The van der Waals surface area contributed by atoms with Crippen LogP contribution in [0.15, 0.2) is 47.4 Å². The van der Waals surface area contributed by atoms with E-state index in [1.807, 2.05) is 6.92 Å². The Balaban J connectivity index is 1.47. The number of carbonyl (C=O) groups excluding carboxylic acids is 3. The van der Waals surface area contributed by atoms with E-state index in [0.29, 0.717) is 42.3 Å². The van der Waals surface area contributed by atoms with Crippen molar-refractivity contribution in [2.75, 3.05) is 26.2 Å². The van der Waals surface area contributed by atoms with Gasteiger partial charge in [0.15, 0.2) is 11.5 Å². The van der Waals surface area contributed by atoms with Gasteiger partial charge in [-0.1, -0.05) is 18.2 Å². The van der Waals surface area contributed by atoms with E-state index in [0.717, 1.165) is 35.9 Å². The lowest BCUT2D eigenvalue weighted by Gasteiger charge is -2.27. The molecule has 0 unspecified atom stereocenters. The minimum atomic E-state index is -0.505. The first-order chi connectivity index (χ1) is 17.9. The maximum Gasteiger partial charge on any atom is 0.294 e. The summed E-state index contributed by atoms with van der Waals surface area (Å²) in [6, 6.07) is 11.3. The highest BCUT2D eigenvalue weighted by molar-refractivity contribution is 8.18. The molecular formula is C26H27N3O7S. The molecule has 0 radical (unpaired) electrons. The molecule has 0 atom stereocenters. The molecule has 2 aromatic carbocycles. The van der Waals surface area contributed by atoms with Gasteiger partial charge < -0.3 is 14.4 Å². The van der Waals surface area contributed by atoms with Gasteiger partial charge in [-0.3, -0.25) is 29.4 Å². The fourth-order valence-corrected chi connectivity index (χ4v) is 4.97. The number of nitrogens with zero attached hydrogens (tertiary/aromatic N) is 3. The van der Waals surface area contributed by atoms with Crippen LogP contribution in [-0.4, -0.2) is 58.0 Å². The van der Waals surface area contributed by atoms with Gasteiger partial charge in [0, 0.05) is 19.2 Å². The topological polar surface area (TPSA) is 119 Å². The molecule has 0 aromatic heterocycles. The second-order valence-corrected chi connectivity index (χ2v) is 9.52. The molecule has 11 heteroatoms. The third kappa shape index (κ3) is 6.29. The zero-order chi connectivity index (χ0) is 26.4. The predicted octanol–water partition coefficient (Wildman–Crippen LogP) is 4.62. The number of imide groups is 1. The smallest absolute Gasteiger partial charge is 0.294 e. The molecule has 2 aliphatic heterocycles. The number of rotatable bonds is 9. The fourth-order valence-electron chi connectivity index (χ4n) is 4.13. The van der Waals surface area contributed by atoms with Crippen LogP contribution in [0, 0.1) is 10.1 Å². The molecule has 0 N–H and O–H groups in total. The van der Waals surface area contributed by atoms with E-state index < -0.39 is 16.1 Å². The summed E-state index contributed by atoms with van der Waals surface area (Å²) in [5.41, 5.74) is 0.993. The first-order valence-electron chi connectivity index (χ1n) is 12.0. The van der Waals surface area contributed by atoms with Crippen LogP contribution in [0.5, 0.6) is 11.5 Å². The number of hydrogen-bond acceptors (Lipinski definition) is 8. The molecule has 4 rings (SSSR count). The monoisotopic (exact) mass is 525 g/mol. The summed E-state index contributed by atoms with van der Waals surface area (Å²) in [5, 5.41) is 10.8. The maximum atomic E-state index is 12.9. The number of hydrogen-bond donors (Lipinski definition) is 0. The highest BCUT2D eigenvalue weighted by Gasteiger charge is 2.37. The van der Waals surface area contributed by atoms with E-state index in [2.05, 4.69) is 0 Å². The quantitative estimate of drug-likeness (QED) is 0.264. The van der Waals surface area contributed by atoms with Crippen LogP contribution in [0.4, 0.5) is 10.5 Å². The van der Waals surface area contributed by atoms with E-state index in [1.54, 1.807) is 47.4 Å². The van der Waals surface area contributed by atoms with Gasteiger partial charge in [-0.15, -0.1) is 0 Å². The molecule has 3 amide bonds. The number of carbonyl (C=O) groups is 3.